The summed E-state index contributed by atoms with van der Waals surface area (Å²) < 4.78 is 13.7. The fourth-order valence-corrected chi connectivity index (χ4v) is 1.81. The van der Waals surface area contributed by atoms with E-state index in [0.717, 1.165) is 5.56 Å². The Morgan fingerprint density at radius 3 is 2.72 bits per heavy atom. The number of nitrogens with zero attached hydrogens (tertiary/aromatic N) is 1. The number of nitriles is 1. The predicted octanol–water partition coefficient (Wildman–Crippen LogP) is 4.40. The topological polar surface area (TPSA) is 35.8 Å². The molecule has 0 fully saturated rings. The molecule has 0 aromatic heterocycles. The zero-order chi connectivity index (χ0) is 13.1. The maximum atomic E-state index is 13.7. The van der Waals surface area contributed by atoms with Crippen LogP contribution in [0.5, 0.6) is 0 Å². The fourth-order valence-electron chi connectivity index (χ4n) is 1.64. The van der Waals surface area contributed by atoms with Gasteiger partial charge < -0.3 is 5.32 Å². The average molecular weight is 261 g/mol. The second kappa shape index (κ2) is 5.07. The highest BCUT2D eigenvalue weighted by Crippen LogP contribution is 2.27. The first-order chi connectivity index (χ1) is 8.61. The lowest BCUT2D eigenvalue weighted by Crippen LogP contribution is -1.98. The molecule has 0 bridgehead atoms. The van der Waals surface area contributed by atoms with Crippen LogP contribution < -0.4 is 5.32 Å². The molecule has 0 saturated heterocycles. The average Bonchev–Trinajstić information content (AvgIpc) is 2.35. The molecule has 0 unspecified atom stereocenters. The maximum Gasteiger partial charge on any atom is 0.146 e. The van der Waals surface area contributed by atoms with Crippen molar-refractivity contribution in [3.8, 4) is 6.07 Å². The van der Waals surface area contributed by atoms with Crippen molar-refractivity contribution in [3.63, 3.8) is 0 Å². The number of aryl methyl sites for hydroxylation is 1. The van der Waals surface area contributed by atoms with Crippen LogP contribution in [0, 0.1) is 24.1 Å². The third kappa shape index (κ3) is 2.44. The first kappa shape index (κ1) is 12.4. The molecule has 0 heterocycles. The van der Waals surface area contributed by atoms with E-state index in [9.17, 15) is 4.39 Å². The standard InChI is InChI=1S/C14H10ClFN2/c1-9-3-2-4-12(16)14(9)18-13-6-5-11(15)7-10(13)8-17/h2-7,18H,1H3. The second-order valence-electron chi connectivity index (χ2n) is 3.86. The number of halogens is 2. The highest BCUT2D eigenvalue weighted by atomic mass is 35.5. The monoisotopic (exact) mass is 260 g/mol. The summed E-state index contributed by atoms with van der Waals surface area (Å²) in [5.41, 5.74) is 2.06. The van der Waals surface area contributed by atoms with Crippen molar-refractivity contribution in [2.45, 2.75) is 6.92 Å². The Hall–Kier alpha value is -2.05. The van der Waals surface area contributed by atoms with Crippen LogP contribution >= 0.6 is 11.6 Å². The van der Waals surface area contributed by atoms with Crippen molar-refractivity contribution in [3.05, 3.63) is 58.4 Å². The van der Waals surface area contributed by atoms with Gasteiger partial charge in [0.05, 0.1) is 16.9 Å². The molecule has 0 spiro atoms. The van der Waals surface area contributed by atoms with Crippen molar-refractivity contribution >= 4 is 23.0 Å². The molecule has 0 amide bonds. The van der Waals surface area contributed by atoms with Gasteiger partial charge in [-0.05, 0) is 36.8 Å². The summed E-state index contributed by atoms with van der Waals surface area (Å²) in [7, 11) is 0. The van der Waals surface area contributed by atoms with Crippen LogP contribution in [-0.4, -0.2) is 0 Å². The van der Waals surface area contributed by atoms with E-state index in [1.165, 1.54) is 6.07 Å². The quantitative estimate of drug-likeness (QED) is 0.869. The van der Waals surface area contributed by atoms with Gasteiger partial charge in [0.15, 0.2) is 0 Å². The SMILES string of the molecule is Cc1cccc(F)c1Nc1ccc(Cl)cc1C#N. The van der Waals surface area contributed by atoms with E-state index in [1.54, 1.807) is 37.3 Å². The summed E-state index contributed by atoms with van der Waals surface area (Å²) >= 11 is 5.81. The Morgan fingerprint density at radius 2 is 2.06 bits per heavy atom. The molecule has 0 aliphatic carbocycles. The van der Waals surface area contributed by atoms with Crippen LogP contribution in [0.25, 0.3) is 0 Å². The van der Waals surface area contributed by atoms with Gasteiger partial charge in [-0.1, -0.05) is 23.7 Å². The minimum atomic E-state index is -0.353. The summed E-state index contributed by atoms with van der Waals surface area (Å²) in [4.78, 5) is 0. The van der Waals surface area contributed by atoms with Crippen LogP contribution in [0.1, 0.15) is 11.1 Å². The van der Waals surface area contributed by atoms with E-state index >= 15 is 0 Å². The van der Waals surface area contributed by atoms with Crippen molar-refractivity contribution < 1.29 is 4.39 Å². The molecule has 0 atom stereocenters. The van der Waals surface area contributed by atoms with Crippen molar-refractivity contribution in [1.29, 1.82) is 5.26 Å². The lowest BCUT2D eigenvalue weighted by molar-refractivity contribution is 0.631. The molecular weight excluding hydrogens is 251 g/mol. The first-order valence-corrected chi connectivity index (χ1v) is 5.71. The summed E-state index contributed by atoms with van der Waals surface area (Å²) in [6.45, 7) is 1.80. The second-order valence-corrected chi connectivity index (χ2v) is 4.29. The molecule has 0 saturated carbocycles. The Kier molecular flexibility index (Phi) is 3.50. The first-order valence-electron chi connectivity index (χ1n) is 5.33. The predicted molar refractivity (Wildman–Crippen MR) is 70.6 cm³/mol. The number of hydrogen-bond acceptors (Lipinski definition) is 2. The number of hydrogen-bond donors (Lipinski definition) is 1. The van der Waals surface area contributed by atoms with Gasteiger partial charge in [-0.2, -0.15) is 5.26 Å². The zero-order valence-corrected chi connectivity index (χ0v) is 10.4. The molecule has 2 aromatic carbocycles. The normalized spacial score (nSPS) is 9.89. The van der Waals surface area contributed by atoms with Gasteiger partial charge in [0, 0.05) is 5.02 Å². The van der Waals surface area contributed by atoms with Crippen molar-refractivity contribution in [2.75, 3.05) is 5.32 Å². The van der Waals surface area contributed by atoms with E-state index in [4.69, 9.17) is 16.9 Å². The number of rotatable bonds is 2. The van der Waals surface area contributed by atoms with Gasteiger partial charge in [0.25, 0.3) is 0 Å². The summed E-state index contributed by atoms with van der Waals surface area (Å²) in [6, 6.07) is 11.7. The zero-order valence-electron chi connectivity index (χ0n) is 9.67. The molecule has 18 heavy (non-hydrogen) atoms. The van der Waals surface area contributed by atoms with E-state index in [2.05, 4.69) is 5.32 Å². The van der Waals surface area contributed by atoms with Crippen molar-refractivity contribution in [1.82, 2.24) is 0 Å². The smallest absolute Gasteiger partial charge is 0.146 e. The summed E-state index contributed by atoms with van der Waals surface area (Å²) in [6.07, 6.45) is 0. The van der Waals surface area contributed by atoms with E-state index in [0.29, 0.717) is 22.0 Å². The Bertz CT molecular complexity index is 612. The molecule has 4 heteroatoms. The van der Waals surface area contributed by atoms with Crippen LogP contribution in [0.15, 0.2) is 36.4 Å². The molecule has 90 valence electrons. The van der Waals surface area contributed by atoms with Gasteiger partial charge in [-0.3, -0.25) is 0 Å². The third-order valence-corrected chi connectivity index (χ3v) is 2.82. The van der Waals surface area contributed by atoms with E-state index < -0.39 is 0 Å². The lowest BCUT2D eigenvalue weighted by Gasteiger charge is -2.11. The van der Waals surface area contributed by atoms with Gasteiger partial charge in [0.2, 0.25) is 0 Å². The van der Waals surface area contributed by atoms with Gasteiger partial charge in [-0.25, -0.2) is 4.39 Å². The lowest BCUT2D eigenvalue weighted by atomic mass is 10.1. The highest BCUT2D eigenvalue weighted by molar-refractivity contribution is 6.30. The van der Waals surface area contributed by atoms with Crippen LogP contribution in [0.3, 0.4) is 0 Å². The Labute approximate surface area is 110 Å². The highest BCUT2D eigenvalue weighted by Gasteiger charge is 2.08. The van der Waals surface area contributed by atoms with Gasteiger partial charge >= 0.3 is 0 Å². The molecule has 2 aromatic rings. The third-order valence-electron chi connectivity index (χ3n) is 2.58. The molecule has 0 aliphatic heterocycles. The minimum Gasteiger partial charge on any atom is -0.352 e. The van der Waals surface area contributed by atoms with E-state index in [-0.39, 0.29) is 5.82 Å². The number of nitrogens with one attached hydrogen (secondary N) is 1. The summed E-state index contributed by atoms with van der Waals surface area (Å²) in [5, 5.41) is 12.4. The number of benzene rings is 2. The summed E-state index contributed by atoms with van der Waals surface area (Å²) in [5.74, 6) is -0.353. The minimum absolute atomic E-state index is 0.353. The van der Waals surface area contributed by atoms with E-state index in [1.807, 2.05) is 6.07 Å². The molecular formula is C14H10ClFN2. The maximum absolute atomic E-state index is 13.7. The molecule has 1 N–H and O–H groups in total. The molecule has 0 radical (unpaired) electrons. The van der Waals surface area contributed by atoms with Gasteiger partial charge in [-0.15, -0.1) is 0 Å². The fraction of sp³-hybridized carbons (Fsp3) is 0.0714. The molecule has 2 nitrogen and oxygen atoms in total. The number of para-hydroxylation sites is 1. The number of anilines is 2. The van der Waals surface area contributed by atoms with Crippen LogP contribution in [0.2, 0.25) is 5.02 Å². The van der Waals surface area contributed by atoms with Gasteiger partial charge in [0.1, 0.15) is 11.9 Å². The Morgan fingerprint density at radius 1 is 1.28 bits per heavy atom. The molecule has 0 aliphatic rings. The largest absolute Gasteiger partial charge is 0.352 e. The van der Waals surface area contributed by atoms with Crippen LogP contribution in [-0.2, 0) is 0 Å². The molecule has 2 rings (SSSR count). The van der Waals surface area contributed by atoms with Crippen LogP contribution in [0.4, 0.5) is 15.8 Å². The van der Waals surface area contributed by atoms with Crippen molar-refractivity contribution in [2.24, 2.45) is 0 Å². The Balaban J connectivity index is 2.44.